The van der Waals surface area contributed by atoms with Gasteiger partial charge in [0.15, 0.2) is 0 Å². The van der Waals surface area contributed by atoms with Crippen LogP contribution in [0.5, 0.6) is 0 Å². The molecule has 1 aromatic heterocycles. The van der Waals surface area contributed by atoms with Gasteiger partial charge in [-0.25, -0.2) is 8.78 Å². The summed E-state index contributed by atoms with van der Waals surface area (Å²) < 4.78 is 27.2. The van der Waals surface area contributed by atoms with Crippen molar-refractivity contribution >= 4 is 10.9 Å². The normalized spacial score (nSPS) is 19.0. The van der Waals surface area contributed by atoms with Gasteiger partial charge in [0.2, 0.25) is 5.92 Å². The first-order chi connectivity index (χ1) is 11.1. The molecular formula is C21H27F2N. The molecule has 0 amide bonds. The molecule has 130 valence electrons. The van der Waals surface area contributed by atoms with E-state index in [-0.39, 0.29) is 24.2 Å². The predicted octanol–water partition coefficient (Wildman–Crippen LogP) is 6.44. The molecule has 0 N–H and O–H groups in total. The number of hydrogen-bond donors (Lipinski definition) is 0. The topological polar surface area (TPSA) is 12.9 Å². The van der Waals surface area contributed by atoms with E-state index in [0.717, 1.165) is 11.2 Å². The minimum absolute atomic E-state index is 0.0102. The second-order valence-electron chi connectivity index (χ2n) is 8.37. The van der Waals surface area contributed by atoms with Gasteiger partial charge in [-0.3, -0.25) is 4.98 Å². The largest absolute Gasteiger partial charge is 0.253 e. The quantitative estimate of drug-likeness (QED) is 0.586. The van der Waals surface area contributed by atoms with Gasteiger partial charge >= 0.3 is 0 Å². The summed E-state index contributed by atoms with van der Waals surface area (Å²) >= 11 is 0. The molecule has 1 fully saturated rings. The molecule has 3 rings (SSSR count). The van der Waals surface area contributed by atoms with E-state index in [9.17, 15) is 8.78 Å². The Morgan fingerprint density at radius 1 is 1.08 bits per heavy atom. The third-order valence-electron chi connectivity index (χ3n) is 5.38. The molecule has 1 nitrogen and oxygen atoms in total. The second-order valence-corrected chi connectivity index (χ2v) is 8.37. The van der Waals surface area contributed by atoms with Crippen LogP contribution in [0.25, 0.3) is 10.9 Å². The minimum atomic E-state index is -2.49. The summed E-state index contributed by atoms with van der Waals surface area (Å²) in [4.78, 5) is 4.78. The monoisotopic (exact) mass is 331 g/mol. The average molecular weight is 331 g/mol. The fourth-order valence-electron chi connectivity index (χ4n) is 4.00. The Balaban J connectivity index is 2.18. The first-order valence-corrected chi connectivity index (χ1v) is 8.88. The minimum Gasteiger partial charge on any atom is -0.253 e. The summed E-state index contributed by atoms with van der Waals surface area (Å²) in [6.45, 7) is 10.8. The number of hydrogen-bond acceptors (Lipinski definition) is 1. The second kappa shape index (κ2) is 5.79. The first-order valence-electron chi connectivity index (χ1n) is 8.88. The van der Waals surface area contributed by atoms with Crippen LogP contribution in [0.2, 0.25) is 0 Å². The Kier molecular flexibility index (Phi) is 4.17. The highest BCUT2D eigenvalue weighted by Gasteiger charge is 2.36. The molecule has 0 aliphatic heterocycles. The molecule has 3 heteroatoms. The van der Waals surface area contributed by atoms with Gasteiger partial charge < -0.3 is 0 Å². The van der Waals surface area contributed by atoms with Crippen molar-refractivity contribution in [1.29, 1.82) is 0 Å². The van der Waals surface area contributed by atoms with Gasteiger partial charge in [0.1, 0.15) is 0 Å². The number of rotatable bonds is 1. The van der Waals surface area contributed by atoms with Crippen molar-refractivity contribution in [3.8, 4) is 0 Å². The van der Waals surface area contributed by atoms with Crippen molar-refractivity contribution < 1.29 is 8.78 Å². The van der Waals surface area contributed by atoms with E-state index in [1.807, 2.05) is 13.0 Å². The summed E-state index contributed by atoms with van der Waals surface area (Å²) in [5, 5.41) is 1.17. The first kappa shape index (κ1) is 17.3. The molecule has 0 spiro atoms. The van der Waals surface area contributed by atoms with E-state index in [2.05, 4.69) is 39.8 Å². The molecule has 0 radical (unpaired) electrons. The molecular weight excluding hydrogens is 304 g/mol. The van der Waals surface area contributed by atoms with Crippen molar-refractivity contribution in [2.45, 2.75) is 77.6 Å². The van der Waals surface area contributed by atoms with E-state index < -0.39 is 5.92 Å². The van der Waals surface area contributed by atoms with Crippen LogP contribution < -0.4 is 0 Å². The third kappa shape index (κ3) is 3.18. The fraction of sp³-hybridized carbons (Fsp3) is 0.571. The zero-order chi connectivity index (χ0) is 17.7. The van der Waals surface area contributed by atoms with Crippen LogP contribution in [-0.2, 0) is 5.41 Å². The van der Waals surface area contributed by atoms with Gasteiger partial charge in [0, 0.05) is 23.9 Å². The number of benzene rings is 1. The molecule has 1 aliphatic carbocycles. The maximum absolute atomic E-state index is 13.6. The van der Waals surface area contributed by atoms with Crippen LogP contribution in [-0.4, -0.2) is 10.9 Å². The van der Waals surface area contributed by atoms with Gasteiger partial charge in [-0.05, 0) is 60.8 Å². The number of alkyl halides is 2. The van der Waals surface area contributed by atoms with Crippen LogP contribution in [0.4, 0.5) is 8.78 Å². The Bertz CT molecular complexity index is 761. The van der Waals surface area contributed by atoms with E-state index in [1.165, 1.54) is 22.1 Å². The SMILES string of the molecule is Cc1ccc2c(C)c(C(C)(C)C)cc(C3CCC(F)(F)CC3)c2n1. The lowest BCUT2D eigenvalue weighted by molar-refractivity contribution is -0.0381. The van der Waals surface area contributed by atoms with Crippen LogP contribution >= 0.6 is 0 Å². The number of aromatic nitrogens is 1. The summed E-state index contributed by atoms with van der Waals surface area (Å²) in [5.74, 6) is -2.31. The van der Waals surface area contributed by atoms with Gasteiger partial charge in [0.25, 0.3) is 0 Å². The zero-order valence-corrected chi connectivity index (χ0v) is 15.3. The number of pyridine rings is 1. The summed E-state index contributed by atoms with van der Waals surface area (Å²) in [6, 6.07) is 6.43. The van der Waals surface area contributed by atoms with E-state index in [1.54, 1.807) is 0 Å². The molecule has 0 bridgehead atoms. The van der Waals surface area contributed by atoms with Crippen molar-refractivity contribution in [3.63, 3.8) is 0 Å². The van der Waals surface area contributed by atoms with Gasteiger partial charge in [-0.2, -0.15) is 0 Å². The predicted molar refractivity (Wildman–Crippen MR) is 96.1 cm³/mol. The van der Waals surface area contributed by atoms with E-state index in [4.69, 9.17) is 4.98 Å². The molecule has 0 atom stereocenters. The van der Waals surface area contributed by atoms with E-state index >= 15 is 0 Å². The molecule has 2 aromatic rings. The highest BCUT2D eigenvalue weighted by atomic mass is 19.3. The van der Waals surface area contributed by atoms with Crippen LogP contribution in [0, 0.1) is 13.8 Å². The number of halogens is 2. The average Bonchev–Trinajstić information content (AvgIpc) is 2.47. The van der Waals surface area contributed by atoms with Crippen molar-refractivity contribution in [3.05, 3.63) is 40.6 Å². The number of aryl methyl sites for hydroxylation is 2. The standard InChI is InChI=1S/C21H27F2N/c1-13-6-7-16-14(2)18(20(3,4)5)12-17(19(16)24-13)15-8-10-21(22,23)11-9-15/h6-7,12,15H,8-11H2,1-5H3. The molecule has 1 aliphatic rings. The van der Waals surface area contributed by atoms with Gasteiger partial charge in [0.05, 0.1) is 5.52 Å². The Morgan fingerprint density at radius 3 is 2.29 bits per heavy atom. The third-order valence-corrected chi connectivity index (χ3v) is 5.38. The van der Waals surface area contributed by atoms with Crippen LogP contribution in [0.1, 0.15) is 74.8 Å². The van der Waals surface area contributed by atoms with E-state index in [0.29, 0.717) is 12.8 Å². The lowest BCUT2D eigenvalue weighted by Gasteiger charge is -2.31. The molecule has 0 unspecified atom stereocenters. The summed E-state index contributed by atoms with van der Waals surface area (Å²) in [7, 11) is 0. The van der Waals surface area contributed by atoms with Crippen molar-refractivity contribution in [2.75, 3.05) is 0 Å². The van der Waals surface area contributed by atoms with Crippen molar-refractivity contribution in [1.82, 2.24) is 4.98 Å². The van der Waals surface area contributed by atoms with Crippen LogP contribution in [0.15, 0.2) is 18.2 Å². The molecule has 1 aromatic carbocycles. The molecule has 1 heterocycles. The van der Waals surface area contributed by atoms with Gasteiger partial charge in [-0.1, -0.05) is 32.9 Å². The molecule has 24 heavy (non-hydrogen) atoms. The van der Waals surface area contributed by atoms with Gasteiger partial charge in [-0.15, -0.1) is 0 Å². The Morgan fingerprint density at radius 2 is 1.71 bits per heavy atom. The number of fused-ring (bicyclic) bond motifs is 1. The molecule has 0 saturated heterocycles. The Labute approximate surface area is 143 Å². The lowest BCUT2D eigenvalue weighted by atomic mass is 9.76. The maximum atomic E-state index is 13.6. The highest BCUT2D eigenvalue weighted by Crippen LogP contribution is 2.44. The highest BCUT2D eigenvalue weighted by molar-refractivity contribution is 5.87. The molecule has 1 saturated carbocycles. The summed E-state index contributed by atoms with van der Waals surface area (Å²) in [5.41, 5.74) is 5.74. The lowest BCUT2D eigenvalue weighted by Crippen LogP contribution is -2.24. The van der Waals surface area contributed by atoms with Crippen molar-refractivity contribution in [2.24, 2.45) is 0 Å². The number of nitrogens with zero attached hydrogens (tertiary/aromatic N) is 1. The zero-order valence-electron chi connectivity index (χ0n) is 15.3. The fourth-order valence-corrected chi connectivity index (χ4v) is 4.00. The van der Waals surface area contributed by atoms with Crippen LogP contribution in [0.3, 0.4) is 0 Å². The Hall–Kier alpha value is -1.51. The smallest absolute Gasteiger partial charge is 0.248 e. The summed E-state index contributed by atoms with van der Waals surface area (Å²) in [6.07, 6.45) is 1.07. The maximum Gasteiger partial charge on any atom is 0.248 e.